The first-order valence-electron chi connectivity index (χ1n) is 9.37. The largest absolute Gasteiger partial charge is 0.465 e. The molecule has 2 heterocycles. The molecule has 2 aliphatic rings. The fourth-order valence-corrected chi connectivity index (χ4v) is 3.93. The molecular formula is C23H20BrNO5. The van der Waals surface area contributed by atoms with Crippen molar-refractivity contribution in [2.45, 2.75) is 20.4 Å². The van der Waals surface area contributed by atoms with Crippen LogP contribution in [0.1, 0.15) is 23.6 Å². The molecule has 0 unspecified atom stereocenters. The summed E-state index contributed by atoms with van der Waals surface area (Å²) in [5.41, 5.74) is 3.93. The molecule has 2 aromatic carbocycles. The lowest BCUT2D eigenvalue weighted by Crippen LogP contribution is -2.24. The Balaban J connectivity index is 1.75. The van der Waals surface area contributed by atoms with E-state index in [1.54, 1.807) is 30.0 Å². The number of fused-ring (bicyclic) bond motifs is 1. The normalized spacial score (nSPS) is 16.6. The Morgan fingerprint density at radius 3 is 2.50 bits per heavy atom. The van der Waals surface area contributed by atoms with Crippen molar-refractivity contribution in [3.8, 4) is 11.5 Å². The zero-order valence-electron chi connectivity index (χ0n) is 16.8. The summed E-state index contributed by atoms with van der Waals surface area (Å²) < 4.78 is 16.5. The van der Waals surface area contributed by atoms with Crippen LogP contribution in [0.25, 0.3) is 6.08 Å². The second-order valence-electron chi connectivity index (χ2n) is 7.11. The topological polar surface area (TPSA) is 65.1 Å². The van der Waals surface area contributed by atoms with Crippen molar-refractivity contribution >= 4 is 33.9 Å². The first-order valence-corrected chi connectivity index (χ1v) is 10.2. The maximum atomic E-state index is 13.3. The molecule has 0 spiro atoms. The lowest BCUT2D eigenvalue weighted by molar-refractivity contribution is -0.136. The van der Waals surface area contributed by atoms with Crippen molar-refractivity contribution in [1.82, 2.24) is 4.90 Å². The highest BCUT2D eigenvalue weighted by atomic mass is 79.9. The number of hydrogen-bond acceptors (Lipinski definition) is 5. The fourth-order valence-electron chi connectivity index (χ4n) is 3.49. The molecule has 0 bridgehead atoms. The van der Waals surface area contributed by atoms with Crippen LogP contribution < -0.4 is 9.47 Å². The number of carbonyl (C=O) groups excluding carboxylic acids is 2. The number of hydrogen-bond donors (Lipinski definition) is 0. The van der Waals surface area contributed by atoms with Gasteiger partial charge in [0, 0.05) is 10.2 Å². The van der Waals surface area contributed by atoms with Gasteiger partial charge in [0.15, 0.2) is 11.5 Å². The summed E-state index contributed by atoms with van der Waals surface area (Å²) in [4.78, 5) is 27.4. The van der Waals surface area contributed by atoms with Gasteiger partial charge in [0.25, 0.3) is 5.91 Å². The van der Waals surface area contributed by atoms with Gasteiger partial charge in [-0.05, 0) is 43.2 Å². The van der Waals surface area contributed by atoms with E-state index in [9.17, 15) is 9.59 Å². The van der Waals surface area contributed by atoms with Gasteiger partial charge in [-0.3, -0.25) is 4.79 Å². The van der Waals surface area contributed by atoms with Crippen LogP contribution in [0.5, 0.6) is 11.5 Å². The molecule has 2 aromatic rings. The zero-order valence-corrected chi connectivity index (χ0v) is 18.4. The third-order valence-electron chi connectivity index (χ3n) is 5.15. The Bertz CT molecular complexity index is 1100. The number of methoxy groups -OCH3 is 1. The Kier molecular flexibility index (Phi) is 5.39. The first kappa shape index (κ1) is 20.2. The molecular weight excluding hydrogens is 450 g/mol. The molecule has 4 rings (SSSR count). The van der Waals surface area contributed by atoms with Crippen molar-refractivity contribution in [2.75, 3.05) is 13.9 Å². The first-order chi connectivity index (χ1) is 14.4. The number of aryl methyl sites for hydroxylation is 1. The van der Waals surface area contributed by atoms with Crippen molar-refractivity contribution < 1.29 is 23.8 Å². The molecule has 0 radical (unpaired) electrons. The highest BCUT2D eigenvalue weighted by Gasteiger charge is 2.37. The number of ether oxygens (including phenoxy) is 3. The van der Waals surface area contributed by atoms with E-state index in [0.717, 1.165) is 15.6 Å². The maximum Gasteiger partial charge on any atom is 0.340 e. The summed E-state index contributed by atoms with van der Waals surface area (Å²) in [7, 11) is 1.31. The van der Waals surface area contributed by atoms with Crippen LogP contribution in [0, 0.1) is 6.92 Å². The van der Waals surface area contributed by atoms with Crippen molar-refractivity contribution in [2.24, 2.45) is 0 Å². The van der Waals surface area contributed by atoms with E-state index in [2.05, 4.69) is 15.9 Å². The molecule has 0 aliphatic carbocycles. The summed E-state index contributed by atoms with van der Waals surface area (Å²) in [5, 5.41) is 0. The van der Waals surface area contributed by atoms with Gasteiger partial charge in [0.1, 0.15) is 0 Å². The van der Waals surface area contributed by atoms with Crippen LogP contribution in [0.2, 0.25) is 0 Å². The van der Waals surface area contributed by atoms with E-state index in [-0.39, 0.29) is 23.8 Å². The Hall–Kier alpha value is -3.06. The second-order valence-corrected chi connectivity index (χ2v) is 7.97. The fraction of sp³-hybridized carbons (Fsp3) is 0.217. The number of carbonyl (C=O) groups is 2. The van der Waals surface area contributed by atoms with Gasteiger partial charge >= 0.3 is 5.97 Å². The number of allylic oxidation sites excluding steroid dienone is 1. The molecule has 0 fully saturated rings. The molecule has 2 aliphatic heterocycles. The molecule has 0 aromatic heterocycles. The predicted octanol–water partition coefficient (Wildman–Crippen LogP) is 4.36. The molecule has 0 N–H and O–H groups in total. The molecule has 7 heteroatoms. The van der Waals surface area contributed by atoms with Crippen LogP contribution in [0.4, 0.5) is 0 Å². The third-order valence-corrected chi connectivity index (χ3v) is 5.84. The quantitative estimate of drug-likeness (QED) is 0.491. The molecule has 6 nitrogen and oxygen atoms in total. The molecule has 0 saturated heterocycles. The monoisotopic (exact) mass is 469 g/mol. The van der Waals surface area contributed by atoms with Crippen LogP contribution in [0.3, 0.4) is 0 Å². The van der Waals surface area contributed by atoms with Crippen molar-refractivity contribution in [3.63, 3.8) is 0 Å². The van der Waals surface area contributed by atoms with Gasteiger partial charge in [0.2, 0.25) is 6.79 Å². The number of halogens is 1. The van der Waals surface area contributed by atoms with Crippen LogP contribution in [0.15, 0.2) is 57.7 Å². The predicted molar refractivity (Wildman–Crippen MR) is 115 cm³/mol. The molecule has 0 atom stereocenters. The minimum Gasteiger partial charge on any atom is -0.465 e. The lowest BCUT2D eigenvalue weighted by Gasteiger charge is -2.18. The minimum absolute atomic E-state index is 0.150. The third kappa shape index (κ3) is 3.61. The van der Waals surface area contributed by atoms with E-state index in [0.29, 0.717) is 29.3 Å². The van der Waals surface area contributed by atoms with E-state index in [1.165, 1.54) is 7.11 Å². The molecule has 30 heavy (non-hydrogen) atoms. The maximum absolute atomic E-state index is 13.3. The lowest BCUT2D eigenvalue weighted by atomic mass is 10.0. The highest BCUT2D eigenvalue weighted by Crippen LogP contribution is 2.39. The van der Waals surface area contributed by atoms with Crippen molar-refractivity contribution in [1.29, 1.82) is 0 Å². The van der Waals surface area contributed by atoms with Crippen LogP contribution in [-0.4, -0.2) is 30.7 Å². The van der Waals surface area contributed by atoms with Crippen LogP contribution in [-0.2, 0) is 20.9 Å². The number of nitrogens with zero attached hydrogens (tertiary/aromatic N) is 1. The van der Waals surface area contributed by atoms with Crippen LogP contribution >= 0.6 is 15.9 Å². The summed E-state index contributed by atoms with van der Waals surface area (Å²) in [6.07, 6.45) is 1.68. The van der Waals surface area contributed by atoms with Gasteiger partial charge in [-0.25, -0.2) is 4.79 Å². The molecule has 1 amide bonds. The van der Waals surface area contributed by atoms with E-state index < -0.39 is 5.97 Å². The number of amides is 1. The van der Waals surface area contributed by atoms with Gasteiger partial charge < -0.3 is 19.1 Å². The second kappa shape index (κ2) is 7.99. The van der Waals surface area contributed by atoms with Gasteiger partial charge in [0.05, 0.1) is 24.8 Å². The standard InChI is InChI=1S/C23H20BrNO5/c1-13-4-6-15(7-5-13)11-25-14(2)21(23(27)28-3)17(22(25)26)8-16-9-19-20(10-18(16)24)30-12-29-19/h4-10H,11-12H2,1-3H3/b17-8-. The summed E-state index contributed by atoms with van der Waals surface area (Å²) >= 11 is 3.50. The average Bonchev–Trinajstić information content (AvgIpc) is 3.27. The molecule has 154 valence electrons. The van der Waals surface area contributed by atoms with Gasteiger partial charge in [-0.1, -0.05) is 45.8 Å². The van der Waals surface area contributed by atoms with E-state index in [1.807, 2.05) is 31.2 Å². The SMILES string of the molecule is COC(=O)C1=C(C)N(Cc2ccc(C)cc2)C(=O)/C1=C\c1cc2c(cc1Br)OCO2. The van der Waals surface area contributed by atoms with E-state index >= 15 is 0 Å². The summed E-state index contributed by atoms with van der Waals surface area (Å²) in [6, 6.07) is 11.5. The number of rotatable bonds is 4. The van der Waals surface area contributed by atoms with Gasteiger partial charge in [-0.15, -0.1) is 0 Å². The van der Waals surface area contributed by atoms with Gasteiger partial charge in [-0.2, -0.15) is 0 Å². The van der Waals surface area contributed by atoms with E-state index in [4.69, 9.17) is 14.2 Å². The van der Waals surface area contributed by atoms with Crippen molar-refractivity contribution in [3.05, 3.63) is 74.4 Å². The summed E-state index contributed by atoms with van der Waals surface area (Å²) in [5.74, 6) is 0.420. The Morgan fingerprint density at radius 1 is 1.17 bits per heavy atom. The highest BCUT2D eigenvalue weighted by molar-refractivity contribution is 9.10. The minimum atomic E-state index is -0.546. The Morgan fingerprint density at radius 2 is 1.83 bits per heavy atom. The Labute approximate surface area is 182 Å². The zero-order chi connectivity index (χ0) is 21.4. The number of esters is 1. The number of benzene rings is 2. The summed E-state index contributed by atoms with van der Waals surface area (Å²) in [6.45, 7) is 4.28. The smallest absolute Gasteiger partial charge is 0.340 e. The molecule has 0 saturated carbocycles. The average molecular weight is 470 g/mol.